The van der Waals surface area contributed by atoms with Crippen molar-refractivity contribution in [2.45, 2.75) is 87.4 Å². The minimum atomic E-state index is -3.99. The van der Waals surface area contributed by atoms with Gasteiger partial charge in [0.1, 0.15) is 17.9 Å². The molecule has 1 fully saturated rings. The highest BCUT2D eigenvalue weighted by atomic mass is 32.2. The number of ketones is 1. The quantitative estimate of drug-likeness (QED) is 0.168. The number of carbonyl (C=O) groups is 3. The number of carboxylic acids is 1. The van der Waals surface area contributed by atoms with E-state index in [1.165, 1.54) is 23.9 Å². The summed E-state index contributed by atoms with van der Waals surface area (Å²) in [6.45, 7) is 5.35. The Morgan fingerprint density at radius 3 is 2.33 bits per heavy atom. The van der Waals surface area contributed by atoms with Crippen molar-refractivity contribution in [1.82, 2.24) is 9.62 Å². The minimum absolute atomic E-state index is 0.00442. The van der Waals surface area contributed by atoms with Crippen LogP contribution in [0.3, 0.4) is 0 Å². The van der Waals surface area contributed by atoms with Crippen LogP contribution in [0.15, 0.2) is 64.5 Å². The zero-order valence-corrected chi connectivity index (χ0v) is 26.3. The van der Waals surface area contributed by atoms with E-state index in [1.807, 2.05) is 6.92 Å². The zero-order valence-electron chi connectivity index (χ0n) is 24.7. The number of thioether (sulfide) groups is 1. The van der Waals surface area contributed by atoms with Crippen molar-refractivity contribution in [3.63, 3.8) is 0 Å². The summed E-state index contributed by atoms with van der Waals surface area (Å²) in [6, 6.07) is 12.5. The Hall–Kier alpha value is -3.53. The Morgan fingerprint density at radius 2 is 1.70 bits per heavy atom. The maximum Gasteiger partial charge on any atom is 0.326 e. The summed E-state index contributed by atoms with van der Waals surface area (Å²) in [5, 5.41) is 21.0. The molecule has 1 heterocycles. The van der Waals surface area contributed by atoms with Crippen LogP contribution < -0.4 is 5.32 Å². The lowest BCUT2D eigenvalue weighted by atomic mass is 9.99. The van der Waals surface area contributed by atoms with Crippen molar-refractivity contribution in [3.8, 4) is 6.19 Å². The first-order valence-corrected chi connectivity index (χ1v) is 16.5. The van der Waals surface area contributed by atoms with Crippen LogP contribution in [0.5, 0.6) is 0 Å². The molecule has 0 bridgehead atoms. The maximum atomic E-state index is 13.5. The topological polar surface area (TPSA) is 157 Å². The first kappa shape index (κ1) is 34.0. The summed E-state index contributed by atoms with van der Waals surface area (Å²) in [7, 11) is -3.99. The molecule has 230 valence electrons. The van der Waals surface area contributed by atoms with Gasteiger partial charge in [0.2, 0.25) is 22.1 Å². The number of hydrogen-bond donors (Lipinski definition) is 2. The molecule has 0 spiro atoms. The molecule has 12 heteroatoms. The SMILES string of the molecule is CC(CCCCCC(=O)Cc1ccc(C[C@H](NC(=O)[C@H]2N(S(=O)(=O)c3ccccc3)CSC2(C)C)C(=O)O)cc1)=NC#N. The predicted octanol–water partition coefficient (Wildman–Crippen LogP) is 4.34. The van der Waals surface area contributed by atoms with E-state index in [-0.39, 0.29) is 29.4 Å². The number of aliphatic carboxylic acids is 1. The van der Waals surface area contributed by atoms with Crippen molar-refractivity contribution >= 4 is 45.2 Å². The lowest BCUT2D eigenvalue weighted by Crippen LogP contribution is -2.56. The van der Waals surface area contributed by atoms with Crippen molar-refractivity contribution in [2.75, 3.05) is 5.88 Å². The number of unbranched alkanes of at least 4 members (excludes halogenated alkanes) is 2. The maximum absolute atomic E-state index is 13.5. The number of nitrogens with one attached hydrogen (secondary N) is 1. The van der Waals surface area contributed by atoms with Gasteiger partial charge in [-0.15, -0.1) is 11.8 Å². The Bertz CT molecular complexity index is 1470. The molecule has 2 atom stereocenters. The fourth-order valence-corrected chi connectivity index (χ4v) is 8.12. The summed E-state index contributed by atoms with van der Waals surface area (Å²) >= 11 is 1.32. The monoisotopic (exact) mass is 626 g/mol. The molecule has 0 radical (unpaired) electrons. The number of aliphatic imine (C=N–C) groups is 1. The van der Waals surface area contributed by atoms with Crippen LogP contribution in [0, 0.1) is 11.5 Å². The molecular formula is C31H38N4O6S2. The number of Topliss-reactive ketones (excluding diaryl/α,β-unsaturated/α-hetero) is 1. The third kappa shape index (κ3) is 9.48. The van der Waals surface area contributed by atoms with Crippen molar-refractivity contribution in [3.05, 3.63) is 65.7 Å². The van der Waals surface area contributed by atoms with E-state index in [0.717, 1.165) is 41.3 Å². The van der Waals surface area contributed by atoms with Gasteiger partial charge in [-0.3, -0.25) is 9.59 Å². The van der Waals surface area contributed by atoms with Gasteiger partial charge in [0.25, 0.3) is 0 Å². The number of nitriles is 1. The van der Waals surface area contributed by atoms with Crippen LogP contribution in [-0.2, 0) is 37.2 Å². The second-order valence-electron chi connectivity index (χ2n) is 11.1. The number of benzene rings is 2. The Morgan fingerprint density at radius 1 is 1.07 bits per heavy atom. The van der Waals surface area contributed by atoms with Crippen LogP contribution in [0.25, 0.3) is 0 Å². The molecule has 1 aliphatic heterocycles. The molecule has 0 unspecified atom stereocenters. The molecule has 0 saturated carbocycles. The second-order valence-corrected chi connectivity index (χ2v) is 14.6. The summed E-state index contributed by atoms with van der Waals surface area (Å²) in [5.41, 5.74) is 2.26. The van der Waals surface area contributed by atoms with Crippen molar-refractivity contribution < 1.29 is 27.9 Å². The molecular weight excluding hydrogens is 588 g/mol. The number of nitrogens with zero attached hydrogens (tertiary/aromatic N) is 3. The molecule has 1 aliphatic rings. The molecule has 1 amide bonds. The minimum Gasteiger partial charge on any atom is -0.480 e. The molecule has 0 aromatic heterocycles. The van der Waals surface area contributed by atoms with E-state index >= 15 is 0 Å². The van der Waals surface area contributed by atoms with E-state index in [1.54, 1.807) is 62.5 Å². The molecule has 2 N–H and O–H groups in total. The molecule has 3 rings (SSSR count). The zero-order chi connectivity index (χ0) is 31.6. The highest BCUT2D eigenvalue weighted by Crippen LogP contribution is 2.42. The van der Waals surface area contributed by atoms with E-state index in [4.69, 9.17) is 5.26 Å². The van der Waals surface area contributed by atoms with E-state index in [0.29, 0.717) is 12.0 Å². The van der Waals surface area contributed by atoms with Gasteiger partial charge < -0.3 is 10.4 Å². The van der Waals surface area contributed by atoms with E-state index < -0.39 is 38.7 Å². The normalized spacial score (nSPS) is 17.6. The van der Waals surface area contributed by atoms with Crippen LogP contribution in [-0.4, -0.2) is 63.9 Å². The van der Waals surface area contributed by atoms with Gasteiger partial charge >= 0.3 is 5.97 Å². The highest BCUT2D eigenvalue weighted by Gasteiger charge is 2.51. The number of sulfonamides is 1. The molecule has 43 heavy (non-hydrogen) atoms. The van der Waals surface area contributed by atoms with Gasteiger partial charge in [-0.25, -0.2) is 13.2 Å². The lowest BCUT2D eigenvalue weighted by molar-refractivity contribution is -0.142. The van der Waals surface area contributed by atoms with Gasteiger partial charge in [-0.05, 0) is 63.3 Å². The van der Waals surface area contributed by atoms with Gasteiger partial charge in [0.05, 0.1) is 10.8 Å². The van der Waals surface area contributed by atoms with E-state index in [2.05, 4.69) is 10.3 Å². The number of amides is 1. The first-order chi connectivity index (χ1) is 20.3. The van der Waals surface area contributed by atoms with Gasteiger partial charge in [0.15, 0.2) is 0 Å². The van der Waals surface area contributed by atoms with Gasteiger partial charge in [0, 0.05) is 29.7 Å². The number of hydrogen-bond acceptors (Lipinski definition) is 8. The molecule has 0 aliphatic carbocycles. The smallest absolute Gasteiger partial charge is 0.326 e. The largest absolute Gasteiger partial charge is 0.480 e. The predicted molar refractivity (Wildman–Crippen MR) is 166 cm³/mol. The Balaban J connectivity index is 1.59. The highest BCUT2D eigenvalue weighted by molar-refractivity contribution is 8.02. The van der Waals surface area contributed by atoms with Crippen LogP contribution in [0.4, 0.5) is 0 Å². The summed E-state index contributed by atoms with van der Waals surface area (Å²) in [4.78, 5) is 41.8. The molecule has 1 saturated heterocycles. The van der Waals surface area contributed by atoms with Crippen molar-refractivity contribution in [1.29, 1.82) is 5.26 Å². The number of carbonyl (C=O) groups excluding carboxylic acids is 2. The van der Waals surface area contributed by atoms with E-state index in [9.17, 15) is 27.9 Å². The summed E-state index contributed by atoms with van der Waals surface area (Å²) < 4.78 is 27.1. The first-order valence-electron chi connectivity index (χ1n) is 14.1. The van der Waals surface area contributed by atoms with Crippen LogP contribution in [0.1, 0.15) is 64.0 Å². The van der Waals surface area contributed by atoms with Crippen LogP contribution >= 0.6 is 11.8 Å². The van der Waals surface area contributed by atoms with Crippen molar-refractivity contribution in [2.24, 2.45) is 4.99 Å². The number of carboxylic acid groups (broad SMARTS) is 1. The second kappa shape index (κ2) is 15.3. The molecule has 10 nitrogen and oxygen atoms in total. The van der Waals surface area contributed by atoms with Gasteiger partial charge in [-0.2, -0.15) is 14.6 Å². The Labute approximate surface area is 257 Å². The summed E-state index contributed by atoms with van der Waals surface area (Å²) in [6.07, 6.45) is 5.74. The van der Waals surface area contributed by atoms with Crippen LogP contribution in [0.2, 0.25) is 0 Å². The average molecular weight is 627 g/mol. The lowest BCUT2D eigenvalue weighted by Gasteiger charge is -2.31. The fourth-order valence-electron chi connectivity index (χ4n) is 4.93. The average Bonchev–Trinajstić information content (AvgIpc) is 3.29. The van der Waals surface area contributed by atoms with Gasteiger partial charge in [-0.1, -0.05) is 48.9 Å². The molecule has 2 aromatic carbocycles. The Kier molecular flexibility index (Phi) is 12.1. The summed E-state index contributed by atoms with van der Waals surface area (Å²) in [5.74, 6) is -1.73. The molecule has 2 aromatic rings. The third-order valence-corrected chi connectivity index (χ3v) is 10.7. The number of rotatable bonds is 15. The fraction of sp³-hybridized carbons (Fsp3) is 0.452. The standard InChI is InChI=1S/C31H38N4O6S2/c1-22(33-20-32)10-6-4-7-11-25(36)18-23-14-16-24(17-15-23)19-27(30(38)39)34-29(37)28-31(2,3)42-21-35(28)43(40,41)26-12-8-5-9-13-26/h5,8-9,12-17,27-28H,4,6-7,10-11,18-19,21H2,1-3H3,(H,34,37)(H,38,39)/t27-,28+/m0/s1. The third-order valence-electron chi connectivity index (χ3n) is 7.32.